The molecular formula is C22H25N3. The van der Waals surface area contributed by atoms with Gasteiger partial charge in [0.25, 0.3) is 0 Å². The SMILES string of the molecule is NCc1ccc(NCC23CC4CC5CC(c6ccccc6)(C2)C453)nc1. The third-order valence-corrected chi connectivity index (χ3v) is 8.39. The fourth-order valence-electron chi connectivity index (χ4n) is 7.81. The van der Waals surface area contributed by atoms with Gasteiger partial charge in [0.15, 0.2) is 0 Å². The van der Waals surface area contributed by atoms with E-state index in [4.69, 9.17) is 5.73 Å². The molecule has 25 heavy (non-hydrogen) atoms. The van der Waals surface area contributed by atoms with Crippen LogP contribution >= 0.6 is 0 Å². The lowest BCUT2D eigenvalue weighted by molar-refractivity contribution is -0.443. The van der Waals surface area contributed by atoms with Gasteiger partial charge in [-0.25, -0.2) is 4.98 Å². The maximum absolute atomic E-state index is 5.67. The highest BCUT2D eigenvalue weighted by Gasteiger charge is 2.93. The van der Waals surface area contributed by atoms with E-state index in [2.05, 4.69) is 52.8 Å². The second-order valence-corrected chi connectivity index (χ2v) is 8.92. The van der Waals surface area contributed by atoms with E-state index in [0.29, 0.717) is 22.8 Å². The first-order valence-electron chi connectivity index (χ1n) is 9.69. The van der Waals surface area contributed by atoms with Crippen molar-refractivity contribution in [3.63, 3.8) is 0 Å². The highest BCUT2D eigenvalue weighted by Crippen LogP contribution is 2.97. The third kappa shape index (κ3) is 1.40. The van der Waals surface area contributed by atoms with E-state index < -0.39 is 0 Å². The van der Waals surface area contributed by atoms with Crippen molar-refractivity contribution in [3.05, 3.63) is 59.8 Å². The number of nitrogens with one attached hydrogen (secondary N) is 1. The van der Waals surface area contributed by atoms with Crippen LogP contribution in [-0.2, 0) is 12.0 Å². The number of aromatic nitrogens is 1. The zero-order chi connectivity index (χ0) is 16.7. The molecule has 3 N–H and O–H groups in total. The maximum atomic E-state index is 5.67. The summed E-state index contributed by atoms with van der Waals surface area (Å²) in [5.74, 6) is 2.96. The number of anilines is 1. The highest BCUT2D eigenvalue weighted by atomic mass is 15.1. The molecular weight excluding hydrogens is 306 g/mol. The van der Waals surface area contributed by atoms with E-state index in [0.717, 1.165) is 29.8 Å². The Morgan fingerprint density at radius 3 is 2.60 bits per heavy atom. The van der Waals surface area contributed by atoms with Gasteiger partial charge >= 0.3 is 0 Å². The summed E-state index contributed by atoms with van der Waals surface area (Å²) >= 11 is 0. The molecule has 1 heterocycles. The summed E-state index contributed by atoms with van der Waals surface area (Å²) in [6.07, 6.45) is 7.60. The Morgan fingerprint density at radius 2 is 1.92 bits per heavy atom. The monoisotopic (exact) mass is 331 g/mol. The Hall–Kier alpha value is -1.87. The van der Waals surface area contributed by atoms with Crippen LogP contribution in [-0.4, -0.2) is 11.5 Å². The van der Waals surface area contributed by atoms with Crippen LogP contribution in [0.25, 0.3) is 0 Å². The van der Waals surface area contributed by atoms with Crippen LogP contribution in [0, 0.1) is 22.7 Å². The number of benzene rings is 1. The first-order valence-corrected chi connectivity index (χ1v) is 9.69. The molecule has 0 aliphatic heterocycles. The second-order valence-electron chi connectivity index (χ2n) is 8.92. The van der Waals surface area contributed by atoms with Crippen molar-refractivity contribution in [2.24, 2.45) is 28.4 Å². The van der Waals surface area contributed by atoms with Crippen LogP contribution in [0.2, 0.25) is 0 Å². The summed E-state index contributed by atoms with van der Waals surface area (Å²) in [6, 6.07) is 15.5. The summed E-state index contributed by atoms with van der Waals surface area (Å²) < 4.78 is 0. The Morgan fingerprint density at radius 1 is 1.08 bits per heavy atom. The van der Waals surface area contributed by atoms with Crippen molar-refractivity contribution in [2.75, 3.05) is 11.9 Å². The number of nitrogens with two attached hydrogens (primary N) is 1. The molecule has 1 aromatic heterocycles. The summed E-state index contributed by atoms with van der Waals surface area (Å²) in [5.41, 5.74) is 10.0. The number of pyridine rings is 1. The first kappa shape index (κ1) is 14.3. The molecule has 4 aliphatic rings. The Labute approximate surface area is 149 Å². The van der Waals surface area contributed by atoms with Gasteiger partial charge in [-0.15, -0.1) is 0 Å². The van der Waals surface area contributed by atoms with Gasteiger partial charge in [-0.3, -0.25) is 0 Å². The number of rotatable bonds is 5. The lowest BCUT2D eigenvalue weighted by Gasteiger charge is -2.96. The van der Waals surface area contributed by atoms with E-state index >= 15 is 0 Å². The van der Waals surface area contributed by atoms with E-state index in [1.54, 1.807) is 5.56 Å². The molecule has 1 aromatic carbocycles. The Balaban J connectivity index is 1.25. The normalized spacial score (nSPS) is 42.0. The smallest absolute Gasteiger partial charge is 0.125 e. The average molecular weight is 331 g/mol. The minimum Gasteiger partial charge on any atom is -0.369 e. The third-order valence-electron chi connectivity index (χ3n) is 8.39. The van der Waals surface area contributed by atoms with Gasteiger partial charge in [0.05, 0.1) is 0 Å². The lowest BCUT2D eigenvalue weighted by Crippen LogP contribution is -2.93. The molecule has 5 unspecified atom stereocenters. The minimum absolute atomic E-state index is 0.499. The summed E-state index contributed by atoms with van der Waals surface area (Å²) in [5, 5.41) is 3.66. The van der Waals surface area contributed by atoms with Crippen molar-refractivity contribution in [1.29, 1.82) is 0 Å². The number of nitrogens with zero attached hydrogens (tertiary/aromatic N) is 1. The highest BCUT2D eigenvalue weighted by molar-refractivity contribution is 5.52. The van der Waals surface area contributed by atoms with Gasteiger partial charge in [-0.2, -0.15) is 0 Å². The van der Waals surface area contributed by atoms with Crippen LogP contribution < -0.4 is 11.1 Å². The van der Waals surface area contributed by atoms with Crippen LogP contribution in [0.1, 0.15) is 36.8 Å². The molecule has 128 valence electrons. The van der Waals surface area contributed by atoms with Gasteiger partial charge in [-0.1, -0.05) is 36.4 Å². The average Bonchev–Trinajstić information content (AvgIpc) is 2.60. The van der Waals surface area contributed by atoms with Crippen LogP contribution in [0.15, 0.2) is 48.7 Å². The molecule has 0 saturated heterocycles. The summed E-state index contributed by atoms with van der Waals surface area (Å²) in [6.45, 7) is 1.65. The van der Waals surface area contributed by atoms with Crippen molar-refractivity contribution in [1.82, 2.24) is 4.98 Å². The Bertz CT molecular complexity index is 826. The predicted molar refractivity (Wildman–Crippen MR) is 99.1 cm³/mol. The molecule has 0 bridgehead atoms. The van der Waals surface area contributed by atoms with Crippen molar-refractivity contribution in [3.8, 4) is 0 Å². The number of hydrogen-bond donors (Lipinski definition) is 2. The quantitative estimate of drug-likeness (QED) is 0.878. The van der Waals surface area contributed by atoms with E-state index in [-0.39, 0.29) is 0 Å². The van der Waals surface area contributed by atoms with Gasteiger partial charge < -0.3 is 11.1 Å². The van der Waals surface area contributed by atoms with Gasteiger partial charge in [0.1, 0.15) is 5.82 Å². The molecule has 1 spiro atoms. The van der Waals surface area contributed by atoms with Crippen LogP contribution in [0.5, 0.6) is 0 Å². The molecule has 6 rings (SSSR count). The topological polar surface area (TPSA) is 50.9 Å². The molecule has 0 amide bonds. The standard InChI is InChI=1S/C22H25N3/c23-11-15-6-7-19(24-12-15)25-14-20-9-17-8-18-10-21(13-20,22(17,18)20)16-4-2-1-3-5-16/h1-7,12,17-18H,8-11,13-14,23H2,(H,24,25). The molecule has 4 saturated carbocycles. The van der Waals surface area contributed by atoms with Gasteiger partial charge in [0.2, 0.25) is 0 Å². The van der Waals surface area contributed by atoms with Gasteiger partial charge in [0, 0.05) is 24.7 Å². The molecule has 0 radical (unpaired) electrons. The molecule has 3 heteroatoms. The minimum atomic E-state index is 0.499. The molecule has 3 nitrogen and oxygen atoms in total. The van der Waals surface area contributed by atoms with Crippen molar-refractivity contribution < 1.29 is 0 Å². The predicted octanol–water partition coefficient (Wildman–Crippen LogP) is 3.71. The van der Waals surface area contributed by atoms with E-state index in [1.807, 2.05) is 6.20 Å². The zero-order valence-corrected chi connectivity index (χ0v) is 14.5. The molecule has 4 fully saturated rings. The van der Waals surface area contributed by atoms with Crippen molar-refractivity contribution in [2.45, 2.75) is 37.6 Å². The van der Waals surface area contributed by atoms with E-state index in [9.17, 15) is 0 Å². The number of hydrogen-bond acceptors (Lipinski definition) is 3. The zero-order valence-electron chi connectivity index (χ0n) is 14.5. The maximum Gasteiger partial charge on any atom is 0.125 e. The summed E-state index contributed by atoms with van der Waals surface area (Å²) in [4.78, 5) is 4.53. The van der Waals surface area contributed by atoms with Gasteiger partial charge in [-0.05, 0) is 65.5 Å². The largest absolute Gasteiger partial charge is 0.369 e. The van der Waals surface area contributed by atoms with Crippen LogP contribution in [0.3, 0.4) is 0 Å². The molecule has 5 atom stereocenters. The molecule has 4 aliphatic carbocycles. The first-order chi connectivity index (χ1) is 12.2. The summed E-state index contributed by atoms with van der Waals surface area (Å²) in [7, 11) is 0. The Kier molecular flexibility index (Phi) is 2.55. The van der Waals surface area contributed by atoms with E-state index in [1.165, 1.54) is 25.7 Å². The lowest BCUT2D eigenvalue weighted by atomic mass is 9.08. The van der Waals surface area contributed by atoms with Crippen LogP contribution in [0.4, 0.5) is 5.82 Å². The fourth-order valence-corrected chi connectivity index (χ4v) is 7.81. The second kappa shape index (κ2) is 4.45. The fraction of sp³-hybridized carbons (Fsp3) is 0.500. The van der Waals surface area contributed by atoms with Crippen molar-refractivity contribution >= 4 is 5.82 Å². The molecule has 2 aromatic rings.